The van der Waals surface area contributed by atoms with Gasteiger partial charge in [0.1, 0.15) is 0 Å². The molecule has 0 N–H and O–H groups in total. The highest BCUT2D eigenvalue weighted by molar-refractivity contribution is 5.41. The van der Waals surface area contributed by atoms with Gasteiger partial charge in [-0.05, 0) is 38.5 Å². The Kier molecular flexibility index (Phi) is 4.74. The second-order valence-corrected chi connectivity index (χ2v) is 5.43. The Morgan fingerprint density at radius 1 is 1.08 bits per heavy atom. The summed E-state index contributed by atoms with van der Waals surface area (Å²) in [5, 5.41) is 4.40. The van der Waals surface area contributed by atoms with E-state index < -0.39 is 0 Å². The van der Waals surface area contributed by atoms with Crippen LogP contribution in [-0.2, 0) is 0 Å². The number of hydrogen-bond acceptors (Lipinski definition) is 5. The first kappa shape index (κ1) is 16.0. The Morgan fingerprint density at radius 2 is 1.88 bits per heavy atom. The van der Waals surface area contributed by atoms with E-state index in [4.69, 9.17) is 9.47 Å². The average Bonchev–Trinajstić information content (AvgIpc) is 2.93. The zero-order valence-corrected chi connectivity index (χ0v) is 14.1. The van der Waals surface area contributed by atoms with Crippen molar-refractivity contribution >= 4 is 0 Å². The summed E-state index contributed by atoms with van der Waals surface area (Å²) >= 11 is 0. The summed E-state index contributed by atoms with van der Waals surface area (Å²) in [6.45, 7) is 6.60. The number of aromatic nitrogens is 4. The Balaban J connectivity index is 1.87. The van der Waals surface area contributed by atoms with Crippen LogP contribution in [0.3, 0.4) is 0 Å². The number of nitrogens with zero attached hydrogens (tertiary/aromatic N) is 4. The number of para-hydroxylation sites is 2. The molecule has 2 aromatic heterocycles. The van der Waals surface area contributed by atoms with Crippen LogP contribution in [0.1, 0.15) is 24.7 Å². The summed E-state index contributed by atoms with van der Waals surface area (Å²) in [6, 6.07) is 11.2. The zero-order valence-electron chi connectivity index (χ0n) is 14.1. The topological polar surface area (TPSA) is 62.1 Å². The molecule has 24 heavy (non-hydrogen) atoms. The van der Waals surface area contributed by atoms with Crippen molar-refractivity contribution in [3.63, 3.8) is 0 Å². The van der Waals surface area contributed by atoms with Crippen LogP contribution >= 0.6 is 0 Å². The molecule has 0 bridgehead atoms. The van der Waals surface area contributed by atoms with Gasteiger partial charge in [-0.2, -0.15) is 10.1 Å². The molecule has 0 spiro atoms. The Morgan fingerprint density at radius 3 is 2.58 bits per heavy atom. The SMILES string of the molecule is CCCOc1ccccc1Oc1ccnc(-n2nc(C)cc2C)n1. The molecule has 3 aromatic rings. The van der Waals surface area contributed by atoms with Crippen LogP contribution < -0.4 is 9.47 Å². The first-order valence-corrected chi connectivity index (χ1v) is 7.93. The van der Waals surface area contributed by atoms with E-state index in [2.05, 4.69) is 22.0 Å². The minimum absolute atomic E-state index is 0.445. The molecule has 0 saturated carbocycles. The monoisotopic (exact) mass is 324 g/mol. The molecule has 124 valence electrons. The first-order valence-electron chi connectivity index (χ1n) is 7.93. The molecule has 0 fully saturated rings. The van der Waals surface area contributed by atoms with Gasteiger partial charge in [0.05, 0.1) is 12.3 Å². The van der Waals surface area contributed by atoms with Crippen LogP contribution in [0.2, 0.25) is 0 Å². The molecule has 3 rings (SSSR count). The van der Waals surface area contributed by atoms with Crippen LogP contribution in [0.25, 0.3) is 5.95 Å². The highest BCUT2D eigenvalue weighted by Crippen LogP contribution is 2.30. The molecule has 0 amide bonds. The summed E-state index contributed by atoms with van der Waals surface area (Å²) in [5.74, 6) is 2.25. The van der Waals surface area contributed by atoms with E-state index in [9.17, 15) is 0 Å². The third-order valence-electron chi connectivity index (χ3n) is 3.34. The van der Waals surface area contributed by atoms with E-state index in [-0.39, 0.29) is 0 Å². The van der Waals surface area contributed by atoms with Crippen LogP contribution in [0.4, 0.5) is 0 Å². The van der Waals surface area contributed by atoms with E-state index in [0.717, 1.165) is 17.8 Å². The van der Waals surface area contributed by atoms with Gasteiger partial charge in [0.25, 0.3) is 5.95 Å². The lowest BCUT2D eigenvalue weighted by Crippen LogP contribution is -2.05. The minimum Gasteiger partial charge on any atom is -0.490 e. The first-order chi connectivity index (χ1) is 11.7. The Bertz CT molecular complexity index is 829. The van der Waals surface area contributed by atoms with Crippen LogP contribution in [0.15, 0.2) is 42.6 Å². The van der Waals surface area contributed by atoms with Crippen molar-refractivity contribution in [1.82, 2.24) is 19.7 Å². The van der Waals surface area contributed by atoms with Gasteiger partial charge in [-0.15, -0.1) is 0 Å². The molecule has 6 nitrogen and oxygen atoms in total. The highest BCUT2D eigenvalue weighted by Gasteiger charge is 2.10. The van der Waals surface area contributed by atoms with Crippen molar-refractivity contribution in [2.45, 2.75) is 27.2 Å². The third-order valence-corrected chi connectivity index (χ3v) is 3.34. The van der Waals surface area contributed by atoms with E-state index in [1.165, 1.54) is 0 Å². The summed E-state index contributed by atoms with van der Waals surface area (Å²) in [4.78, 5) is 8.72. The van der Waals surface area contributed by atoms with Gasteiger partial charge in [0.2, 0.25) is 5.88 Å². The van der Waals surface area contributed by atoms with Gasteiger partial charge >= 0.3 is 0 Å². The lowest BCUT2D eigenvalue weighted by molar-refractivity contribution is 0.300. The van der Waals surface area contributed by atoms with Crippen LogP contribution in [-0.4, -0.2) is 26.4 Å². The third kappa shape index (κ3) is 3.53. The molecule has 0 aliphatic heterocycles. The molecular weight excluding hydrogens is 304 g/mol. The van der Waals surface area contributed by atoms with Gasteiger partial charge in [-0.25, -0.2) is 9.67 Å². The van der Waals surface area contributed by atoms with Crippen LogP contribution in [0, 0.1) is 13.8 Å². The standard InChI is InChI=1S/C18H20N4O2/c1-4-11-23-15-7-5-6-8-16(15)24-17-9-10-19-18(20-17)22-14(3)12-13(2)21-22/h5-10,12H,4,11H2,1-3H3. The largest absolute Gasteiger partial charge is 0.490 e. The van der Waals surface area contributed by atoms with E-state index >= 15 is 0 Å². The van der Waals surface area contributed by atoms with Gasteiger partial charge in [0, 0.05) is 18.0 Å². The molecule has 6 heteroatoms. The second kappa shape index (κ2) is 7.12. The number of hydrogen-bond donors (Lipinski definition) is 0. The van der Waals surface area contributed by atoms with E-state index in [1.807, 2.05) is 44.2 Å². The summed E-state index contributed by atoms with van der Waals surface area (Å²) in [6.07, 6.45) is 2.59. The van der Waals surface area contributed by atoms with Crippen LogP contribution in [0.5, 0.6) is 17.4 Å². The summed E-state index contributed by atoms with van der Waals surface area (Å²) in [5.41, 5.74) is 1.89. The molecule has 0 radical (unpaired) electrons. The minimum atomic E-state index is 0.445. The zero-order chi connectivity index (χ0) is 16.9. The normalized spacial score (nSPS) is 10.6. The van der Waals surface area contributed by atoms with Crippen molar-refractivity contribution in [2.24, 2.45) is 0 Å². The summed E-state index contributed by atoms with van der Waals surface area (Å²) < 4.78 is 13.3. The van der Waals surface area contributed by atoms with E-state index in [1.54, 1.807) is 16.9 Å². The van der Waals surface area contributed by atoms with Crippen molar-refractivity contribution < 1.29 is 9.47 Å². The van der Waals surface area contributed by atoms with Gasteiger partial charge in [-0.3, -0.25) is 0 Å². The quantitative estimate of drug-likeness (QED) is 0.689. The van der Waals surface area contributed by atoms with Crippen molar-refractivity contribution in [3.05, 3.63) is 54.0 Å². The fourth-order valence-corrected chi connectivity index (χ4v) is 2.30. The smallest absolute Gasteiger partial charge is 0.254 e. The predicted octanol–water partition coefficient (Wildman–Crippen LogP) is 3.86. The number of ether oxygens (including phenoxy) is 2. The molecule has 0 atom stereocenters. The van der Waals surface area contributed by atoms with Crippen molar-refractivity contribution in [2.75, 3.05) is 6.61 Å². The average molecular weight is 324 g/mol. The maximum absolute atomic E-state index is 5.90. The van der Waals surface area contributed by atoms with Gasteiger partial charge in [0.15, 0.2) is 11.5 Å². The summed E-state index contributed by atoms with van der Waals surface area (Å²) in [7, 11) is 0. The van der Waals surface area contributed by atoms with E-state index in [0.29, 0.717) is 29.9 Å². The lowest BCUT2D eigenvalue weighted by atomic mass is 10.3. The van der Waals surface area contributed by atoms with Gasteiger partial charge in [-0.1, -0.05) is 19.1 Å². The maximum Gasteiger partial charge on any atom is 0.254 e. The number of aryl methyl sites for hydroxylation is 2. The molecule has 0 aliphatic rings. The van der Waals surface area contributed by atoms with Gasteiger partial charge < -0.3 is 9.47 Å². The molecule has 0 saturated heterocycles. The number of benzene rings is 1. The highest BCUT2D eigenvalue weighted by atomic mass is 16.5. The molecule has 0 aliphatic carbocycles. The maximum atomic E-state index is 5.90. The molecular formula is C18H20N4O2. The Hall–Kier alpha value is -2.89. The molecule has 2 heterocycles. The fourth-order valence-electron chi connectivity index (χ4n) is 2.30. The Labute approximate surface area is 141 Å². The predicted molar refractivity (Wildman–Crippen MR) is 90.9 cm³/mol. The van der Waals surface area contributed by atoms with Crippen molar-refractivity contribution in [3.8, 4) is 23.3 Å². The number of rotatable bonds is 6. The van der Waals surface area contributed by atoms with Crippen molar-refractivity contribution in [1.29, 1.82) is 0 Å². The lowest BCUT2D eigenvalue weighted by Gasteiger charge is -2.11. The second-order valence-electron chi connectivity index (χ2n) is 5.43. The fraction of sp³-hybridized carbons (Fsp3) is 0.278. The molecule has 1 aromatic carbocycles. The molecule has 0 unspecified atom stereocenters.